The maximum absolute atomic E-state index is 12.9. The fourth-order valence-electron chi connectivity index (χ4n) is 0.717. The lowest BCUT2D eigenvalue weighted by Gasteiger charge is -1.94. The molecule has 12 heavy (non-hydrogen) atoms. The van der Waals surface area contributed by atoms with Crippen molar-refractivity contribution in [3.8, 4) is 0 Å². The van der Waals surface area contributed by atoms with Gasteiger partial charge in [0, 0.05) is 22.0 Å². The Bertz CT molecular complexity index is 345. The van der Waals surface area contributed by atoms with Crippen LogP contribution in [0.15, 0.2) is 27.8 Å². The Balaban J connectivity index is 3.10. The summed E-state index contributed by atoms with van der Waals surface area (Å²) in [7, 11) is 0. The molecule has 0 heterocycles. The van der Waals surface area contributed by atoms with E-state index in [1.807, 2.05) is 0 Å². The molecular formula is C8H5BrFNO. The summed E-state index contributed by atoms with van der Waals surface area (Å²) < 4.78 is 13.6. The number of benzene rings is 1. The Morgan fingerprint density at radius 1 is 1.58 bits per heavy atom. The van der Waals surface area contributed by atoms with Gasteiger partial charge in [-0.3, -0.25) is 0 Å². The minimum atomic E-state index is -0.388. The van der Waals surface area contributed by atoms with Crippen LogP contribution < -0.4 is 0 Å². The molecule has 0 saturated heterocycles. The number of hydrogen-bond donors (Lipinski definition) is 1. The van der Waals surface area contributed by atoms with E-state index in [-0.39, 0.29) is 5.82 Å². The van der Waals surface area contributed by atoms with Crippen LogP contribution in [-0.2, 0) is 0 Å². The topological polar surface area (TPSA) is 32.6 Å². The van der Waals surface area contributed by atoms with Gasteiger partial charge in [-0.15, -0.1) is 0 Å². The zero-order valence-electron chi connectivity index (χ0n) is 5.96. The van der Waals surface area contributed by atoms with E-state index in [1.54, 1.807) is 12.1 Å². The predicted octanol–water partition coefficient (Wildman–Crippen LogP) is 2.66. The molecule has 0 saturated carbocycles. The van der Waals surface area contributed by atoms with Gasteiger partial charge in [0.2, 0.25) is 0 Å². The average Bonchev–Trinajstić information content (AvgIpc) is 2.03. The van der Waals surface area contributed by atoms with E-state index in [0.29, 0.717) is 10.0 Å². The number of rotatable bonds is 1. The summed E-state index contributed by atoms with van der Waals surface area (Å²) in [6.45, 7) is 0. The van der Waals surface area contributed by atoms with Gasteiger partial charge in [0.05, 0.1) is 0 Å². The third-order valence-corrected chi connectivity index (χ3v) is 1.73. The monoisotopic (exact) mass is 229 g/mol. The summed E-state index contributed by atoms with van der Waals surface area (Å²) in [5.74, 6) is 1.74. The van der Waals surface area contributed by atoms with Gasteiger partial charge >= 0.3 is 0 Å². The second kappa shape index (κ2) is 4.04. The fourth-order valence-corrected chi connectivity index (χ4v) is 1.05. The van der Waals surface area contributed by atoms with Crippen molar-refractivity contribution in [2.75, 3.05) is 0 Å². The van der Waals surface area contributed by atoms with Crippen LogP contribution >= 0.6 is 15.9 Å². The van der Waals surface area contributed by atoms with Gasteiger partial charge in [-0.1, -0.05) is 22.0 Å². The SMILES string of the molecule is ON=C=Cc1ccc(Br)cc1F. The molecule has 1 N–H and O–H groups in total. The van der Waals surface area contributed by atoms with Crippen LogP contribution in [0.2, 0.25) is 0 Å². The third kappa shape index (κ3) is 2.19. The van der Waals surface area contributed by atoms with Crippen molar-refractivity contribution in [3.63, 3.8) is 0 Å². The molecule has 0 aromatic heterocycles. The minimum Gasteiger partial charge on any atom is -0.404 e. The number of halogens is 2. The largest absolute Gasteiger partial charge is 0.404 e. The van der Waals surface area contributed by atoms with Crippen molar-refractivity contribution in [1.29, 1.82) is 0 Å². The molecule has 2 nitrogen and oxygen atoms in total. The maximum atomic E-state index is 12.9. The molecule has 0 spiro atoms. The second-order valence-electron chi connectivity index (χ2n) is 2.04. The highest BCUT2D eigenvalue weighted by molar-refractivity contribution is 9.10. The molecule has 0 aliphatic carbocycles. The first kappa shape index (κ1) is 8.97. The van der Waals surface area contributed by atoms with Gasteiger partial charge in [-0.05, 0) is 17.3 Å². The van der Waals surface area contributed by atoms with E-state index in [9.17, 15) is 4.39 Å². The average molecular weight is 230 g/mol. The smallest absolute Gasteiger partial charge is 0.132 e. The van der Waals surface area contributed by atoms with Gasteiger partial charge in [-0.2, -0.15) is 0 Å². The van der Waals surface area contributed by atoms with E-state index in [2.05, 4.69) is 27.0 Å². The third-order valence-electron chi connectivity index (χ3n) is 1.24. The summed E-state index contributed by atoms with van der Waals surface area (Å²) in [4.78, 5) is 0. The van der Waals surface area contributed by atoms with E-state index in [1.165, 1.54) is 12.1 Å². The second-order valence-corrected chi connectivity index (χ2v) is 2.95. The molecule has 0 amide bonds. The van der Waals surface area contributed by atoms with E-state index in [4.69, 9.17) is 5.21 Å². The van der Waals surface area contributed by atoms with E-state index < -0.39 is 0 Å². The highest BCUT2D eigenvalue weighted by Crippen LogP contribution is 2.15. The van der Waals surface area contributed by atoms with Gasteiger partial charge < -0.3 is 5.21 Å². The first-order valence-electron chi connectivity index (χ1n) is 3.12. The Morgan fingerprint density at radius 3 is 2.92 bits per heavy atom. The summed E-state index contributed by atoms with van der Waals surface area (Å²) in [5, 5.41) is 10.6. The minimum absolute atomic E-state index is 0.330. The van der Waals surface area contributed by atoms with Crippen molar-refractivity contribution in [2.45, 2.75) is 0 Å². The zero-order valence-corrected chi connectivity index (χ0v) is 7.55. The summed E-state index contributed by atoms with van der Waals surface area (Å²) in [5.41, 5.74) is 0.330. The zero-order chi connectivity index (χ0) is 8.97. The summed E-state index contributed by atoms with van der Waals surface area (Å²) >= 11 is 3.12. The molecule has 1 aromatic rings. The Kier molecular flexibility index (Phi) is 3.02. The number of hydrogen-bond acceptors (Lipinski definition) is 2. The van der Waals surface area contributed by atoms with Crippen LogP contribution in [0.25, 0.3) is 6.08 Å². The lowest BCUT2D eigenvalue weighted by atomic mass is 10.2. The van der Waals surface area contributed by atoms with Crippen LogP contribution in [-0.4, -0.2) is 11.1 Å². The number of nitrogens with zero attached hydrogens (tertiary/aromatic N) is 1. The fraction of sp³-hybridized carbons (Fsp3) is 0. The van der Waals surface area contributed by atoms with Gasteiger partial charge in [0.1, 0.15) is 5.82 Å². The van der Waals surface area contributed by atoms with Crippen molar-refractivity contribution in [3.05, 3.63) is 34.1 Å². The molecule has 1 aromatic carbocycles. The van der Waals surface area contributed by atoms with Crippen LogP contribution in [0.4, 0.5) is 4.39 Å². The van der Waals surface area contributed by atoms with Gasteiger partial charge in [-0.25, -0.2) is 4.39 Å². The Morgan fingerprint density at radius 2 is 2.33 bits per heavy atom. The molecule has 0 radical (unpaired) electrons. The van der Waals surface area contributed by atoms with E-state index in [0.717, 1.165) is 0 Å². The normalized spacial score (nSPS) is 8.83. The summed E-state index contributed by atoms with van der Waals surface area (Å²) in [6.07, 6.45) is 1.25. The molecule has 0 fully saturated rings. The van der Waals surface area contributed by atoms with Crippen molar-refractivity contribution in [2.24, 2.45) is 5.16 Å². The standard InChI is InChI=1S/C8H5BrFNO/c9-7-2-1-6(3-4-11-12)8(10)5-7/h1-3,5,12H. The lowest BCUT2D eigenvalue weighted by molar-refractivity contribution is 0.323. The first-order valence-corrected chi connectivity index (χ1v) is 3.91. The molecule has 0 aliphatic heterocycles. The van der Waals surface area contributed by atoms with Crippen LogP contribution in [0.3, 0.4) is 0 Å². The Labute approximate surface area is 77.1 Å². The van der Waals surface area contributed by atoms with Crippen LogP contribution in [0.5, 0.6) is 0 Å². The molecule has 62 valence electrons. The molecule has 1 rings (SSSR count). The van der Waals surface area contributed by atoms with Crippen LogP contribution in [0.1, 0.15) is 5.56 Å². The first-order chi connectivity index (χ1) is 5.74. The lowest BCUT2D eigenvalue weighted by Crippen LogP contribution is -1.80. The van der Waals surface area contributed by atoms with Crippen molar-refractivity contribution < 1.29 is 9.60 Å². The molecule has 0 aliphatic rings. The molecule has 0 atom stereocenters. The van der Waals surface area contributed by atoms with Gasteiger partial charge in [0.15, 0.2) is 0 Å². The highest BCUT2D eigenvalue weighted by atomic mass is 79.9. The van der Waals surface area contributed by atoms with Crippen molar-refractivity contribution in [1.82, 2.24) is 0 Å². The van der Waals surface area contributed by atoms with Gasteiger partial charge in [0.25, 0.3) is 0 Å². The summed E-state index contributed by atoms with van der Waals surface area (Å²) in [6, 6.07) is 4.57. The Hall–Kier alpha value is -1.12. The van der Waals surface area contributed by atoms with Crippen molar-refractivity contribution >= 4 is 27.9 Å². The highest BCUT2D eigenvalue weighted by Gasteiger charge is 1.97. The molecule has 4 heteroatoms. The maximum Gasteiger partial charge on any atom is 0.132 e. The molecule has 0 unspecified atom stereocenters. The molecular weight excluding hydrogens is 225 g/mol. The van der Waals surface area contributed by atoms with Crippen LogP contribution in [0, 0.1) is 5.82 Å². The predicted molar refractivity (Wildman–Crippen MR) is 47.8 cm³/mol. The van der Waals surface area contributed by atoms with E-state index >= 15 is 0 Å². The quantitative estimate of drug-likeness (QED) is 0.449. The molecule has 0 bridgehead atoms.